The number of alkyl halides is 2. The number of benzene rings is 1. The predicted molar refractivity (Wildman–Crippen MR) is 97.7 cm³/mol. The Hall–Kier alpha value is -2.00. The van der Waals surface area contributed by atoms with Gasteiger partial charge in [0.25, 0.3) is 0 Å². The van der Waals surface area contributed by atoms with E-state index < -0.39 is 34.3 Å². The molecule has 6 nitrogen and oxygen atoms in total. The van der Waals surface area contributed by atoms with Crippen LogP contribution in [0.15, 0.2) is 42.7 Å². The highest BCUT2D eigenvalue weighted by Crippen LogP contribution is 2.37. The Morgan fingerprint density at radius 2 is 2.07 bits per heavy atom. The molecular formula is C18H23F2N3O3S. The van der Waals surface area contributed by atoms with Gasteiger partial charge in [-0.15, -0.1) is 0 Å². The lowest BCUT2D eigenvalue weighted by Gasteiger charge is -2.36. The second-order valence-corrected chi connectivity index (χ2v) is 8.78. The van der Waals surface area contributed by atoms with Gasteiger partial charge in [-0.25, -0.2) is 26.6 Å². The van der Waals surface area contributed by atoms with Crippen LogP contribution in [-0.4, -0.2) is 42.5 Å². The molecule has 2 atom stereocenters. The maximum atomic E-state index is 13.8. The van der Waals surface area contributed by atoms with Crippen molar-refractivity contribution >= 4 is 10.0 Å². The van der Waals surface area contributed by atoms with E-state index in [0.717, 1.165) is 5.69 Å². The van der Waals surface area contributed by atoms with Crippen LogP contribution in [0, 0.1) is 5.92 Å². The Balaban J connectivity index is 1.65. The van der Waals surface area contributed by atoms with Crippen LogP contribution < -0.4 is 9.46 Å². The zero-order valence-corrected chi connectivity index (χ0v) is 15.8. The minimum absolute atomic E-state index is 0.0214. The van der Waals surface area contributed by atoms with Gasteiger partial charge in [0.1, 0.15) is 5.75 Å². The Bertz CT molecular complexity index is 839. The van der Waals surface area contributed by atoms with Gasteiger partial charge >= 0.3 is 0 Å². The first kappa shape index (κ1) is 19.8. The molecule has 3 rings (SSSR count). The van der Waals surface area contributed by atoms with Crippen LogP contribution in [-0.2, 0) is 10.0 Å². The molecule has 0 amide bonds. The van der Waals surface area contributed by atoms with Crippen LogP contribution in [0.5, 0.6) is 5.75 Å². The number of nitrogens with one attached hydrogen (secondary N) is 1. The van der Waals surface area contributed by atoms with Crippen LogP contribution in [0.4, 0.5) is 8.78 Å². The van der Waals surface area contributed by atoms with Gasteiger partial charge in [-0.1, -0.05) is 0 Å². The molecule has 0 unspecified atom stereocenters. The summed E-state index contributed by atoms with van der Waals surface area (Å²) in [5.74, 6) is -2.94. The highest BCUT2D eigenvalue weighted by atomic mass is 32.2. The molecule has 0 saturated heterocycles. The SMILES string of the molecule is CCS(=O)(=O)N[C@H]1CCC(F)(F)C[C@H]1COc1ccc(-n2cccn2)cc1. The molecule has 148 valence electrons. The average molecular weight is 399 g/mol. The Morgan fingerprint density at radius 1 is 1.33 bits per heavy atom. The molecule has 2 aromatic rings. The summed E-state index contributed by atoms with van der Waals surface area (Å²) in [4.78, 5) is 0. The number of hydrogen-bond acceptors (Lipinski definition) is 4. The molecule has 27 heavy (non-hydrogen) atoms. The van der Waals surface area contributed by atoms with Crippen LogP contribution in [0.3, 0.4) is 0 Å². The van der Waals surface area contributed by atoms with Crippen molar-refractivity contribution in [3.05, 3.63) is 42.7 Å². The van der Waals surface area contributed by atoms with Gasteiger partial charge in [0.05, 0.1) is 18.0 Å². The van der Waals surface area contributed by atoms with Crippen molar-refractivity contribution < 1.29 is 21.9 Å². The topological polar surface area (TPSA) is 73.2 Å². The maximum Gasteiger partial charge on any atom is 0.248 e. The fourth-order valence-electron chi connectivity index (χ4n) is 3.19. The van der Waals surface area contributed by atoms with Gasteiger partial charge < -0.3 is 4.74 Å². The number of nitrogens with zero attached hydrogens (tertiary/aromatic N) is 2. The minimum atomic E-state index is -3.46. The lowest BCUT2D eigenvalue weighted by atomic mass is 9.83. The van der Waals surface area contributed by atoms with Crippen molar-refractivity contribution in [1.82, 2.24) is 14.5 Å². The summed E-state index contributed by atoms with van der Waals surface area (Å²) in [6, 6.07) is 8.37. The molecule has 1 aliphatic carbocycles. The second kappa shape index (κ2) is 7.93. The van der Waals surface area contributed by atoms with E-state index in [1.165, 1.54) is 6.92 Å². The van der Waals surface area contributed by atoms with E-state index in [4.69, 9.17) is 4.74 Å². The summed E-state index contributed by atoms with van der Waals surface area (Å²) in [6.45, 7) is 1.54. The largest absolute Gasteiger partial charge is 0.493 e. The van der Waals surface area contributed by atoms with Crippen LogP contribution in [0.1, 0.15) is 26.2 Å². The van der Waals surface area contributed by atoms with Crippen molar-refractivity contribution in [2.75, 3.05) is 12.4 Å². The predicted octanol–water partition coefficient (Wildman–Crippen LogP) is 2.99. The van der Waals surface area contributed by atoms with Crippen LogP contribution in [0.25, 0.3) is 5.69 Å². The third-order valence-corrected chi connectivity index (χ3v) is 6.15. The van der Waals surface area contributed by atoms with E-state index in [1.54, 1.807) is 23.0 Å². The zero-order chi connectivity index (χ0) is 19.5. The number of rotatable bonds is 7. The van der Waals surface area contributed by atoms with Gasteiger partial charge in [-0.3, -0.25) is 0 Å². The quantitative estimate of drug-likeness (QED) is 0.777. The monoisotopic (exact) mass is 399 g/mol. The third kappa shape index (κ3) is 5.26. The molecular weight excluding hydrogens is 376 g/mol. The summed E-state index contributed by atoms with van der Waals surface area (Å²) < 4.78 is 61.3. The van der Waals surface area contributed by atoms with Crippen molar-refractivity contribution in [3.63, 3.8) is 0 Å². The molecule has 1 aromatic carbocycles. The van der Waals surface area contributed by atoms with Crippen molar-refractivity contribution in [1.29, 1.82) is 0 Å². The maximum absolute atomic E-state index is 13.8. The third-order valence-electron chi connectivity index (χ3n) is 4.73. The highest BCUT2D eigenvalue weighted by Gasteiger charge is 2.42. The Morgan fingerprint density at radius 3 is 2.70 bits per heavy atom. The number of aromatic nitrogens is 2. The standard InChI is InChI=1S/C18H23F2N3O3S/c1-2-27(24,25)22-17-8-9-18(19,20)12-14(17)13-26-16-6-4-15(5-7-16)23-11-3-10-21-23/h3-7,10-11,14,17,22H,2,8-9,12-13H2,1H3/t14-,17-/m0/s1. The van der Waals surface area contributed by atoms with Gasteiger partial charge in [0, 0.05) is 37.2 Å². The Kier molecular flexibility index (Phi) is 5.81. The molecule has 0 radical (unpaired) electrons. The molecule has 1 aliphatic rings. The summed E-state index contributed by atoms with van der Waals surface area (Å²) in [6.07, 6.45) is 2.86. The van der Waals surface area contributed by atoms with Gasteiger partial charge in [0.2, 0.25) is 15.9 Å². The molecule has 9 heteroatoms. The van der Waals surface area contributed by atoms with Crippen LogP contribution in [0.2, 0.25) is 0 Å². The van der Waals surface area contributed by atoms with E-state index in [2.05, 4.69) is 9.82 Å². The summed E-state index contributed by atoms with van der Waals surface area (Å²) in [7, 11) is -3.46. The molecule has 1 heterocycles. The Labute approximate surface area is 157 Å². The average Bonchev–Trinajstić information content (AvgIpc) is 3.17. The summed E-state index contributed by atoms with van der Waals surface area (Å²) >= 11 is 0. The van der Waals surface area contributed by atoms with Crippen molar-refractivity contribution in [2.24, 2.45) is 5.92 Å². The highest BCUT2D eigenvalue weighted by molar-refractivity contribution is 7.89. The first-order chi connectivity index (χ1) is 12.8. The van der Waals surface area contributed by atoms with E-state index in [0.29, 0.717) is 5.75 Å². The van der Waals surface area contributed by atoms with E-state index in [9.17, 15) is 17.2 Å². The number of halogens is 2. The second-order valence-electron chi connectivity index (χ2n) is 6.74. The lowest BCUT2D eigenvalue weighted by Crippen LogP contribution is -2.48. The minimum Gasteiger partial charge on any atom is -0.493 e. The smallest absolute Gasteiger partial charge is 0.248 e. The summed E-state index contributed by atoms with van der Waals surface area (Å²) in [5, 5.41) is 4.13. The first-order valence-corrected chi connectivity index (χ1v) is 10.5. The molecule has 1 saturated carbocycles. The number of ether oxygens (including phenoxy) is 1. The lowest BCUT2D eigenvalue weighted by molar-refractivity contribution is -0.0660. The zero-order valence-electron chi connectivity index (χ0n) is 15.0. The fourth-order valence-corrected chi connectivity index (χ4v) is 4.13. The fraction of sp³-hybridized carbons (Fsp3) is 0.500. The van der Waals surface area contributed by atoms with Gasteiger partial charge in [-0.2, -0.15) is 5.10 Å². The van der Waals surface area contributed by atoms with Gasteiger partial charge in [0.15, 0.2) is 0 Å². The molecule has 0 bridgehead atoms. The molecule has 0 spiro atoms. The van der Waals surface area contributed by atoms with Gasteiger partial charge in [-0.05, 0) is 43.7 Å². The molecule has 0 aliphatic heterocycles. The van der Waals surface area contributed by atoms with Crippen molar-refractivity contribution in [2.45, 2.75) is 38.2 Å². The molecule has 1 aromatic heterocycles. The van der Waals surface area contributed by atoms with E-state index in [1.807, 2.05) is 24.4 Å². The van der Waals surface area contributed by atoms with Crippen molar-refractivity contribution in [3.8, 4) is 11.4 Å². The van der Waals surface area contributed by atoms with E-state index in [-0.39, 0.29) is 25.2 Å². The van der Waals surface area contributed by atoms with Crippen LogP contribution >= 0.6 is 0 Å². The summed E-state index contributed by atoms with van der Waals surface area (Å²) in [5.41, 5.74) is 0.852. The number of hydrogen-bond donors (Lipinski definition) is 1. The normalized spacial score (nSPS) is 22.5. The number of sulfonamides is 1. The first-order valence-electron chi connectivity index (χ1n) is 8.89. The molecule has 1 fully saturated rings. The van der Waals surface area contributed by atoms with E-state index >= 15 is 0 Å². The molecule has 1 N–H and O–H groups in total.